The molecule has 0 aliphatic rings. The molecule has 1 aromatic heterocycles. The number of thioether (sulfide) groups is 1. The number of ether oxygens (including phenoxy) is 1. The van der Waals surface area contributed by atoms with Crippen molar-refractivity contribution >= 4 is 46.6 Å². The van der Waals surface area contributed by atoms with Crippen LogP contribution >= 0.6 is 35.0 Å². The Labute approximate surface area is 195 Å². The molecule has 6 nitrogen and oxygen atoms in total. The van der Waals surface area contributed by atoms with E-state index in [2.05, 4.69) is 29.0 Å². The number of benzene rings is 2. The number of amides is 1. The van der Waals surface area contributed by atoms with Gasteiger partial charge in [-0.3, -0.25) is 9.36 Å². The van der Waals surface area contributed by atoms with Gasteiger partial charge in [-0.05, 0) is 42.3 Å². The molecule has 0 aliphatic heterocycles. The number of anilines is 1. The number of nitrogens with one attached hydrogen (secondary N) is 1. The summed E-state index contributed by atoms with van der Waals surface area (Å²) in [7, 11) is 0. The van der Waals surface area contributed by atoms with E-state index >= 15 is 0 Å². The van der Waals surface area contributed by atoms with Crippen molar-refractivity contribution in [3.05, 3.63) is 76.6 Å². The number of carbonyl (C=O) groups is 1. The summed E-state index contributed by atoms with van der Waals surface area (Å²) in [5, 5.41) is 12.8. The molecule has 0 radical (unpaired) electrons. The molecule has 0 atom stereocenters. The minimum absolute atomic E-state index is 0.117. The smallest absolute Gasteiger partial charge is 0.234 e. The number of hydrogen-bond acceptors (Lipinski definition) is 5. The molecule has 0 aliphatic carbocycles. The van der Waals surface area contributed by atoms with Crippen molar-refractivity contribution < 1.29 is 9.53 Å². The molecule has 0 saturated heterocycles. The minimum Gasteiger partial charge on any atom is -0.484 e. The van der Waals surface area contributed by atoms with Gasteiger partial charge < -0.3 is 10.1 Å². The first-order chi connectivity index (χ1) is 15.0. The summed E-state index contributed by atoms with van der Waals surface area (Å²) in [6, 6.07) is 12.8. The fourth-order valence-electron chi connectivity index (χ4n) is 2.73. The highest BCUT2D eigenvalue weighted by Crippen LogP contribution is 2.28. The number of nitrogens with zero attached hydrogens (tertiary/aromatic N) is 3. The number of halogens is 2. The summed E-state index contributed by atoms with van der Waals surface area (Å²) in [4.78, 5) is 12.3. The van der Waals surface area contributed by atoms with Gasteiger partial charge in [0.1, 0.15) is 12.4 Å². The molecule has 9 heteroatoms. The van der Waals surface area contributed by atoms with Crippen LogP contribution in [0.1, 0.15) is 18.3 Å². The Morgan fingerprint density at radius 1 is 1.23 bits per heavy atom. The van der Waals surface area contributed by atoms with Crippen molar-refractivity contribution in [3.63, 3.8) is 0 Å². The zero-order valence-electron chi connectivity index (χ0n) is 17.0. The molecular weight excluding hydrogens is 455 g/mol. The van der Waals surface area contributed by atoms with Crippen LogP contribution in [0.4, 0.5) is 5.69 Å². The Balaban J connectivity index is 1.61. The maximum Gasteiger partial charge on any atom is 0.234 e. The van der Waals surface area contributed by atoms with Crippen molar-refractivity contribution in [2.75, 3.05) is 11.1 Å². The van der Waals surface area contributed by atoms with Gasteiger partial charge in [0.25, 0.3) is 0 Å². The molecule has 3 aromatic rings. The van der Waals surface area contributed by atoms with Crippen LogP contribution in [0, 0.1) is 0 Å². The highest BCUT2D eigenvalue weighted by Gasteiger charge is 2.15. The van der Waals surface area contributed by atoms with E-state index in [1.807, 2.05) is 28.8 Å². The van der Waals surface area contributed by atoms with Gasteiger partial charge >= 0.3 is 0 Å². The molecule has 1 amide bonds. The van der Waals surface area contributed by atoms with Crippen LogP contribution in [0.25, 0.3) is 0 Å². The van der Waals surface area contributed by atoms with E-state index in [-0.39, 0.29) is 18.3 Å². The summed E-state index contributed by atoms with van der Waals surface area (Å²) < 4.78 is 7.62. The van der Waals surface area contributed by atoms with Gasteiger partial charge in [0, 0.05) is 17.3 Å². The van der Waals surface area contributed by atoms with Gasteiger partial charge in [0.15, 0.2) is 11.0 Å². The molecule has 2 aromatic carbocycles. The van der Waals surface area contributed by atoms with Crippen LogP contribution in [0.3, 0.4) is 0 Å². The average Bonchev–Trinajstić information content (AvgIpc) is 3.14. The Bertz CT molecular complexity index is 1050. The van der Waals surface area contributed by atoms with Gasteiger partial charge in [-0.25, -0.2) is 0 Å². The van der Waals surface area contributed by atoms with E-state index in [9.17, 15) is 4.79 Å². The van der Waals surface area contributed by atoms with Crippen LogP contribution in [0.15, 0.2) is 60.3 Å². The lowest BCUT2D eigenvalue weighted by molar-refractivity contribution is -0.113. The van der Waals surface area contributed by atoms with Gasteiger partial charge in [0.2, 0.25) is 5.91 Å². The van der Waals surface area contributed by atoms with Crippen molar-refractivity contribution in [2.24, 2.45) is 0 Å². The van der Waals surface area contributed by atoms with Crippen LogP contribution in [0.5, 0.6) is 5.75 Å². The number of aryl methyl sites for hydroxylation is 1. The van der Waals surface area contributed by atoms with E-state index in [4.69, 9.17) is 27.9 Å². The van der Waals surface area contributed by atoms with Gasteiger partial charge in [-0.15, -0.1) is 16.8 Å². The first-order valence-corrected chi connectivity index (χ1v) is 11.4. The monoisotopic (exact) mass is 476 g/mol. The lowest BCUT2D eigenvalue weighted by atomic mass is 10.1. The summed E-state index contributed by atoms with van der Waals surface area (Å²) in [5.41, 5.74) is 1.99. The number of aromatic nitrogens is 3. The molecule has 31 heavy (non-hydrogen) atoms. The topological polar surface area (TPSA) is 69.0 Å². The molecule has 0 unspecified atom stereocenters. The zero-order valence-corrected chi connectivity index (χ0v) is 19.3. The molecule has 0 fully saturated rings. The summed E-state index contributed by atoms with van der Waals surface area (Å²) in [5.74, 6) is 1.19. The summed E-state index contributed by atoms with van der Waals surface area (Å²) in [6.45, 7) is 6.53. The second-order valence-electron chi connectivity index (χ2n) is 6.55. The maximum atomic E-state index is 12.3. The lowest BCUT2D eigenvalue weighted by Gasteiger charge is -2.10. The summed E-state index contributed by atoms with van der Waals surface area (Å²) in [6.07, 6.45) is 2.70. The highest BCUT2D eigenvalue weighted by molar-refractivity contribution is 7.99. The third kappa shape index (κ3) is 6.50. The second kappa shape index (κ2) is 11.2. The number of allylic oxidation sites excluding steroid dienone is 1. The second-order valence-corrected chi connectivity index (χ2v) is 8.33. The SMILES string of the molecule is C=CCn1c(COc2ccc(Cl)cc2Cl)nnc1SCC(=O)Nc1ccc(CC)cc1. The number of hydrogen-bond donors (Lipinski definition) is 1. The van der Waals surface area contributed by atoms with E-state index in [0.29, 0.717) is 33.3 Å². The molecule has 3 rings (SSSR count). The van der Waals surface area contributed by atoms with E-state index in [1.165, 1.54) is 17.3 Å². The Morgan fingerprint density at radius 2 is 2.00 bits per heavy atom. The van der Waals surface area contributed by atoms with E-state index in [0.717, 1.165) is 12.1 Å². The van der Waals surface area contributed by atoms with Gasteiger partial charge in [-0.2, -0.15) is 0 Å². The largest absolute Gasteiger partial charge is 0.484 e. The van der Waals surface area contributed by atoms with Crippen LogP contribution in [0.2, 0.25) is 10.0 Å². The van der Waals surface area contributed by atoms with E-state index in [1.54, 1.807) is 24.3 Å². The Hall–Kier alpha value is -2.48. The third-order valence-electron chi connectivity index (χ3n) is 4.33. The van der Waals surface area contributed by atoms with Crippen molar-refractivity contribution in [3.8, 4) is 5.75 Å². The normalized spacial score (nSPS) is 10.7. The Morgan fingerprint density at radius 3 is 2.68 bits per heavy atom. The highest BCUT2D eigenvalue weighted by atomic mass is 35.5. The van der Waals surface area contributed by atoms with Crippen molar-refractivity contribution in [1.82, 2.24) is 14.8 Å². The molecule has 1 N–H and O–H groups in total. The first-order valence-electron chi connectivity index (χ1n) is 9.62. The fourth-order valence-corrected chi connectivity index (χ4v) is 3.96. The molecule has 0 saturated carbocycles. The maximum absolute atomic E-state index is 12.3. The molecule has 0 spiro atoms. The average molecular weight is 477 g/mol. The number of carbonyl (C=O) groups excluding carboxylic acids is 1. The summed E-state index contributed by atoms with van der Waals surface area (Å²) >= 11 is 13.4. The van der Waals surface area contributed by atoms with E-state index < -0.39 is 0 Å². The Kier molecular flexibility index (Phi) is 8.40. The quantitative estimate of drug-likeness (QED) is 0.302. The van der Waals surface area contributed by atoms with Gasteiger partial charge in [0.05, 0.1) is 10.8 Å². The molecular formula is C22H22Cl2N4O2S. The minimum atomic E-state index is -0.117. The number of rotatable bonds is 10. The van der Waals surface area contributed by atoms with Crippen LogP contribution < -0.4 is 10.1 Å². The molecule has 1 heterocycles. The molecule has 0 bridgehead atoms. The zero-order chi connectivity index (χ0) is 22.2. The van der Waals surface area contributed by atoms with Crippen LogP contribution in [-0.4, -0.2) is 26.4 Å². The van der Waals surface area contributed by atoms with Crippen LogP contribution in [-0.2, 0) is 24.4 Å². The van der Waals surface area contributed by atoms with Crippen molar-refractivity contribution in [1.29, 1.82) is 0 Å². The van der Waals surface area contributed by atoms with Gasteiger partial charge in [-0.1, -0.05) is 60.1 Å². The fraction of sp³-hybridized carbons (Fsp3) is 0.227. The standard InChI is InChI=1S/C22H22Cl2N4O2S/c1-3-11-28-20(13-30-19-10-7-16(23)12-18(19)24)26-27-22(28)31-14-21(29)25-17-8-5-15(4-2)6-9-17/h3,5-10,12H,1,4,11,13-14H2,2H3,(H,25,29). The first kappa shape index (κ1) is 23.2. The third-order valence-corrected chi connectivity index (χ3v) is 5.83. The lowest BCUT2D eigenvalue weighted by Crippen LogP contribution is -2.15. The van der Waals surface area contributed by atoms with Crippen molar-refractivity contribution in [2.45, 2.75) is 31.7 Å². The predicted molar refractivity (Wildman–Crippen MR) is 126 cm³/mol. The molecule has 162 valence electrons. The predicted octanol–water partition coefficient (Wildman–Crippen LogP) is 5.64.